The Balaban J connectivity index is 0.000000254. The first-order valence-electron chi connectivity index (χ1n) is 7.07. The second-order valence-corrected chi connectivity index (χ2v) is 8.07. The Morgan fingerprint density at radius 3 is 1.65 bits per heavy atom. The number of anilines is 2. The molecule has 3 rings (SSSR count). The maximum absolute atomic E-state index is 11.2. The van der Waals surface area contributed by atoms with E-state index in [4.69, 9.17) is 20.6 Å². The van der Waals surface area contributed by atoms with Gasteiger partial charge in [-0.2, -0.15) is 16.8 Å². The van der Waals surface area contributed by atoms with Gasteiger partial charge in [-0.15, -0.1) is 0 Å². The van der Waals surface area contributed by atoms with Gasteiger partial charge in [-0.05, 0) is 41.8 Å². The molecule has 0 saturated carbocycles. The molecule has 3 aromatic carbocycles. The van der Waals surface area contributed by atoms with Crippen molar-refractivity contribution in [1.82, 2.24) is 0 Å². The lowest BCUT2D eigenvalue weighted by Crippen LogP contribution is -2.04. The van der Waals surface area contributed by atoms with E-state index in [9.17, 15) is 16.8 Å². The molecule has 10 heteroatoms. The van der Waals surface area contributed by atoms with Crippen LogP contribution >= 0.6 is 0 Å². The van der Waals surface area contributed by atoms with Gasteiger partial charge in [0, 0.05) is 16.8 Å². The van der Waals surface area contributed by atoms with Crippen molar-refractivity contribution in [2.45, 2.75) is 9.79 Å². The second kappa shape index (κ2) is 7.30. The molecule has 0 unspecified atom stereocenters. The summed E-state index contributed by atoms with van der Waals surface area (Å²) in [6.07, 6.45) is 0. The monoisotopic (exact) mass is 396 g/mol. The van der Waals surface area contributed by atoms with E-state index in [1.807, 2.05) is 0 Å². The van der Waals surface area contributed by atoms with Crippen molar-refractivity contribution in [2.24, 2.45) is 0 Å². The lowest BCUT2D eigenvalue weighted by Gasteiger charge is -2.06. The molecular formula is C16H16N2O6S2. The standard InChI is InChI=1S/C10H8O6S2.C6H8N2/c11-17(12,13)8-5-7-3-1-2-4-9(7)10(6-8)18(14,15)16;7-5-1-2-6(8)4-3-5/h1-6H,(H,11,12,13)(H,14,15,16);1-4H,7-8H2. The molecule has 0 heterocycles. The summed E-state index contributed by atoms with van der Waals surface area (Å²) in [4.78, 5) is -1.15. The van der Waals surface area contributed by atoms with Crippen molar-refractivity contribution in [3.63, 3.8) is 0 Å². The highest BCUT2D eigenvalue weighted by Gasteiger charge is 2.19. The molecule has 3 aromatic rings. The van der Waals surface area contributed by atoms with Crippen molar-refractivity contribution >= 4 is 42.4 Å². The Morgan fingerprint density at radius 1 is 0.692 bits per heavy atom. The lowest BCUT2D eigenvalue weighted by molar-refractivity contribution is 0.482. The molecule has 6 N–H and O–H groups in total. The van der Waals surface area contributed by atoms with Crippen LogP contribution in [0.15, 0.2) is 70.5 Å². The van der Waals surface area contributed by atoms with Gasteiger partial charge in [-0.3, -0.25) is 9.11 Å². The van der Waals surface area contributed by atoms with Crippen molar-refractivity contribution in [3.05, 3.63) is 60.7 Å². The summed E-state index contributed by atoms with van der Waals surface area (Å²) in [7, 11) is -9.14. The maximum atomic E-state index is 11.2. The van der Waals surface area contributed by atoms with Gasteiger partial charge in [0.2, 0.25) is 0 Å². The molecule has 0 fully saturated rings. The summed E-state index contributed by atoms with van der Waals surface area (Å²) in [5.74, 6) is 0. The molecule has 0 amide bonds. The molecule has 0 aromatic heterocycles. The van der Waals surface area contributed by atoms with Crippen LogP contribution in [0.25, 0.3) is 10.8 Å². The minimum absolute atomic E-state index is 0.174. The predicted octanol–water partition coefficient (Wildman–Crippen LogP) is 2.18. The zero-order valence-corrected chi connectivity index (χ0v) is 14.9. The SMILES string of the molecule is Nc1ccc(N)cc1.O=S(=O)(O)c1cc(S(=O)(=O)O)c2ccccc2c1. The molecular weight excluding hydrogens is 380 g/mol. The van der Waals surface area contributed by atoms with Crippen LogP contribution in [0.2, 0.25) is 0 Å². The van der Waals surface area contributed by atoms with Crippen molar-refractivity contribution < 1.29 is 25.9 Å². The van der Waals surface area contributed by atoms with Crippen molar-refractivity contribution in [2.75, 3.05) is 11.5 Å². The molecule has 26 heavy (non-hydrogen) atoms. The van der Waals surface area contributed by atoms with E-state index < -0.39 is 30.0 Å². The Bertz CT molecular complexity index is 1120. The zero-order chi connectivity index (χ0) is 19.5. The van der Waals surface area contributed by atoms with E-state index in [0.29, 0.717) is 6.07 Å². The normalized spacial score (nSPS) is 11.6. The minimum Gasteiger partial charge on any atom is -0.399 e. The topological polar surface area (TPSA) is 161 Å². The smallest absolute Gasteiger partial charge is 0.295 e. The first kappa shape index (κ1) is 19.7. The number of nitrogen functional groups attached to an aromatic ring is 2. The number of hydrogen-bond acceptors (Lipinski definition) is 6. The number of rotatable bonds is 2. The maximum Gasteiger partial charge on any atom is 0.295 e. The Hall–Kier alpha value is -2.66. The van der Waals surface area contributed by atoms with Crippen LogP contribution in [0.5, 0.6) is 0 Å². The third-order valence-corrected chi connectivity index (χ3v) is 5.03. The van der Waals surface area contributed by atoms with Crippen LogP contribution in [0.4, 0.5) is 11.4 Å². The van der Waals surface area contributed by atoms with Gasteiger partial charge >= 0.3 is 0 Å². The predicted molar refractivity (Wildman–Crippen MR) is 98.8 cm³/mol. The third-order valence-electron chi connectivity index (χ3n) is 3.31. The highest BCUT2D eigenvalue weighted by Crippen LogP contribution is 2.26. The van der Waals surface area contributed by atoms with Gasteiger partial charge in [-0.25, -0.2) is 0 Å². The number of benzene rings is 3. The summed E-state index contributed by atoms with van der Waals surface area (Å²) in [6, 6.07) is 14.9. The summed E-state index contributed by atoms with van der Waals surface area (Å²) in [5.41, 5.74) is 12.2. The summed E-state index contributed by atoms with van der Waals surface area (Å²) >= 11 is 0. The van der Waals surface area contributed by atoms with Crippen LogP contribution in [0.3, 0.4) is 0 Å². The quantitative estimate of drug-likeness (QED) is 0.378. The molecule has 0 saturated heterocycles. The fourth-order valence-electron chi connectivity index (χ4n) is 2.11. The first-order valence-corrected chi connectivity index (χ1v) is 9.95. The fourth-order valence-corrected chi connectivity index (χ4v) is 3.46. The highest BCUT2D eigenvalue weighted by molar-refractivity contribution is 7.86. The Labute approximate surface area is 150 Å². The van der Waals surface area contributed by atoms with Gasteiger partial charge in [0.25, 0.3) is 20.2 Å². The van der Waals surface area contributed by atoms with Crippen LogP contribution in [-0.4, -0.2) is 25.9 Å². The third kappa shape index (κ3) is 4.92. The number of nitrogens with two attached hydrogens (primary N) is 2. The molecule has 0 radical (unpaired) electrons. The summed E-state index contributed by atoms with van der Waals surface area (Å²) < 4.78 is 62.5. The molecule has 0 aliphatic rings. The molecule has 0 atom stereocenters. The second-order valence-electron chi connectivity index (χ2n) is 5.26. The lowest BCUT2D eigenvalue weighted by atomic mass is 10.1. The van der Waals surface area contributed by atoms with Crippen LogP contribution in [-0.2, 0) is 20.2 Å². The van der Waals surface area contributed by atoms with E-state index in [1.54, 1.807) is 36.4 Å². The van der Waals surface area contributed by atoms with Gasteiger partial charge in [0.1, 0.15) is 4.90 Å². The van der Waals surface area contributed by atoms with Crippen molar-refractivity contribution in [1.29, 1.82) is 0 Å². The Kier molecular flexibility index (Phi) is 5.52. The van der Waals surface area contributed by atoms with E-state index in [-0.39, 0.29) is 10.8 Å². The van der Waals surface area contributed by atoms with E-state index in [2.05, 4.69) is 0 Å². The largest absolute Gasteiger partial charge is 0.399 e. The molecule has 0 aliphatic heterocycles. The molecule has 0 spiro atoms. The minimum atomic E-state index is -4.59. The van der Waals surface area contributed by atoms with E-state index in [0.717, 1.165) is 17.4 Å². The van der Waals surface area contributed by atoms with Crippen LogP contribution in [0, 0.1) is 0 Å². The highest BCUT2D eigenvalue weighted by atomic mass is 32.2. The Morgan fingerprint density at radius 2 is 1.19 bits per heavy atom. The van der Waals surface area contributed by atoms with E-state index in [1.165, 1.54) is 12.1 Å². The number of hydrogen-bond donors (Lipinski definition) is 4. The first-order chi connectivity index (χ1) is 12.0. The fraction of sp³-hybridized carbons (Fsp3) is 0. The summed E-state index contributed by atoms with van der Waals surface area (Å²) in [6.45, 7) is 0. The van der Waals surface area contributed by atoms with Crippen molar-refractivity contribution in [3.8, 4) is 0 Å². The molecule has 0 bridgehead atoms. The zero-order valence-electron chi connectivity index (χ0n) is 13.3. The van der Waals surface area contributed by atoms with Gasteiger partial charge in [0.05, 0.1) is 4.90 Å². The average molecular weight is 396 g/mol. The van der Waals surface area contributed by atoms with Gasteiger partial charge in [-0.1, -0.05) is 24.3 Å². The molecule has 138 valence electrons. The molecule has 0 aliphatic carbocycles. The van der Waals surface area contributed by atoms with E-state index >= 15 is 0 Å². The summed E-state index contributed by atoms with van der Waals surface area (Å²) in [5, 5.41) is 0.452. The van der Waals surface area contributed by atoms with Gasteiger partial charge < -0.3 is 11.5 Å². The van der Waals surface area contributed by atoms with Crippen LogP contribution in [0.1, 0.15) is 0 Å². The number of fused-ring (bicyclic) bond motifs is 1. The van der Waals surface area contributed by atoms with Crippen LogP contribution < -0.4 is 11.5 Å². The van der Waals surface area contributed by atoms with Gasteiger partial charge in [0.15, 0.2) is 0 Å². The molecule has 8 nitrogen and oxygen atoms in total. The average Bonchev–Trinajstić information content (AvgIpc) is 2.55.